The Morgan fingerprint density at radius 2 is 1.70 bits per heavy atom. The van der Waals surface area contributed by atoms with E-state index in [2.05, 4.69) is 16.4 Å². The fourth-order valence-corrected chi connectivity index (χ4v) is 4.80. The summed E-state index contributed by atoms with van der Waals surface area (Å²) in [5, 5.41) is 4.24. The number of nitrogens with zero attached hydrogens (tertiary/aromatic N) is 2. The van der Waals surface area contributed by atoms with Crippen LogP contribution >= 0.6 is 11.8 Å². The highest BCUT2D eigenvalue weighted by atomic mass is 32.2. The molecule has 0 saturated carbocycles. The van der Waals surface area contributed by atoms with E-state index in [-0.39, 0.29) is 17.2 Å². The van der Waals surface area contributed by atoms with Crippen LogP contribution in [-0.4, -0.2) is 26.2 Å². The zero-order chi connectivity index (χ0) is 22.9. The maximum atomic E-state index is 13.7. The number of aryl methyl sites for hydroxylation is 2. The molecule has 0 bridgehead atoms. The number of aromatic nitrogens is 3. The van der Waals surface area contributed by atoms with Gasteiger partial charge in [-0.2, -0.15) is 0 Å². The Bertz CT molecular complexity index is 1530. The minimum Gasteiger partial charge on any atom is -0.349 e. The summed E-state index contributed by atoms with van der Waals surface area (Å²) >= 11 is 1.25. The number of fused-ring (bicyclic) bond motifs is 3. The van der Waals surface area contributed by atoms with E-state index < -0.39 is 0 Å². The molecule has 0 aliphatic carbocycles. The molecule has 164 valence electrons. The first kappa shape index (κ1) is 21.0. The smallest absolute Gasteiger partial charge is 0.283 e. The van der Waals surface area contributed by atoms with Crippen molar-refractivity contribution >= 4 is 45.3 Å². The summed E-state index contributed by atoms with van der Waals surface area (Å²) in [4.78, 5) is 34.3. The maximum absolute atomic E-state index is 13.7. The van der Waals surface area contributed by atoms with E-state index in [9.17, 15) is 9.59 Å². The minimum absolute atomic E-state index is 0.125. The molecule has 0 spiro atoms. The van der Waals surface area contributed by atoms with Crippen LogP contribution < -0.4 is 10.9 Å². The molecule has 2 N–H and O–H groups in total. The highest BCUT2D eigenvalue weighted by molar-refractivity contribution is 7.99. The van der Waals surface area contributed by atoms with Gasteiger partial charge >= 0.3 is 0 Å². The summed E-state index contributed by atoms with van der Waals surface area (Å²) in [6.45, 7) is 3.99. The van der Waals surface area contributed by atoms with Crippen molar-refractivity contribution in [3.8, 4) is 5.69 Å². The largest absolute Gasteiger partial charge is 0.349 e. The van der Waals surface area contributed by atoms with Gasteiger partial charge in [-0.15, -0.1) is 0 Å². The average Bonchev–Trinajstić information content (AvgIpc) is 3.17. The normalized spacial score (nSPS) is 11.2. The highest BCUT2D eigenvalue weighted by Crippen LogP contribution is 2.27. The van der Waals surface area contributed by atoms with Crippen molar-refractivity contribution in [3.05, 3.63) is 94.3 Å². The first-order valence-corrected chi connectivity index (χ1v) is 11.6. The molecule has 5 aromatic rings. The number of para-hydroxylation sites is 2. The molecule has 0 aliphatic rings. The summed E-state index contributed by atoms with van der Waals surface area (Å²) in [6.07, 6.45) is 0. The molecule has 0 atom stereocenters. The van der Waals surface area contributed by atoms with Crippen molar-refractivity contribution in [2.24, 2.45) is 0 Å². The molecular formula is C26H22N4O2S. The first-order valence-electron chi connectivity index (χ1n) is 10.6. The molecule has 6 nitrogen and oxygen atoms in total. The molecule has 0 saturated heterocycles. The number of benzene rings is 3. The molecule has 0 unspecified atom stereocenters. The number of hydrogen-bond acceptors (Lipinski definition) is 4. The molecular weight excluding hydrogens is 432 g/mol. The second-order valence-corrected chi connectivity index (χ2v) is 8.92. The molecule has 0 radical (unpaired) electrons. The predicted molar refractivity (Wildman–Crippen MR) is 134 cm³/mol. The van der Waals surface area contributed by atoms with E-state index in [1.165, 1.54) is 11.8 Å². The van der Waals surface area contributed by atoms with Gasteiger partial charge in [0.2, 0.25) is 5.91 Å². The van der Waals surface area contributed by atoms with Crippen LogP contribution in [0.15, 0.2) is 82.7 Å². The lowest BCUT2D eigenvalue weighted by atomic mass is 10.1. The lowest BCUT2D eigenvalue weighted by Crippen LogP contribution is -2.23. The molecule has 33 heavy (non-hydrogen) atoms. The van der Waals surface area contributed by atoms with Gasteiger partial charge in [-0.1, -0.05) is 54.2 Å². The van der Waals surface area contributed by atoms with E-state index in [1.807, 2.05) is 80.6 Å². The Kier molecular flexibility index (Phi) is 5.48. The van der Waals surface area contributed by atoms with Gasteiger partial charge in [-0.05, 0) is 55.3 Å². The summed E-state index contributed by atoms with van der Waals surface area (Å²) in [7, 11) is 0. The number of hydrogen-bond donors (Lipinski definition) is 2. The summed E-state index contributed by atoms with van der Waals surface area (Å²) in [5.74, 6) is -0.0357. The zero-order valence-electron chi connectivity index (χ0n) is 18.3. The van der Waals surface area contributed by atoms with Gasteiger partial charge < -0.3 is 10.3 Å². The van der Waals surface area contributed by atoms with Gasteiger partial charge in [0.05, 0.1) is 11.4 Å². The molecule has 7 heteroatoms. The quantitative estimate of drug-likeness (QED) is 0.282. The van der Waals surface area contributed by atoms with Gasteiger partial charge in [0.25, 0.3) is 5.56 Å². The summed E-state index contributed by atoms with van der Waals surface area (Å²) in [5.41, 5.74) is 5.29. The van der Waals surface area contributed by atoms with Crippen molar-refractivity contribution in [1.29, 1.82) is 0 Å². The monoisotopic (exact) mass is 454 g/mol. The number of anilines is 1. The second kappa shape index (κ2) is 8.60. The number of thioether (sulfide) groups is 1. The Balaban J connectivity index is 1.61. The minimum atomic E-state index is -0.188. The molecule has 2 aromatic heterocycles. The second-order valence-electron chi connectivity index (χ2n) is 7.98. The van der Waals surface area contributed by atoms with E-state index in [0.29, 0.717) is 16.2 Å². The van der Waals surface area contributed by atoms with Crippen molar-refractivity contribution in [3.63, 3.8) is 0 Å². The zero-order valence-corrected chi connectivity index (χ0v) is 19.1. The van der Waals surface area contributed by atoms with Crippen LogP contribution in [0.4, 0.5) is 5.69 Å². The number of H-pyrrole nitrogens is 1. The van der Waals surface area contributed by atoms with Crippen LogP contribution in [-0.2, 0) is 4.79 Å². The van der Waals surface area contributed by atoms with Crippen molar-refractivity contribution < 1.29 is 4.79 Å². The number of rotatable bonds is 5. The summed E-state index contributed by atoms with van der Waals surface area (Å²) in [6, 6.07) is 23.0. The first-order chi connectivity index (χ1) is 16.0. The third-order valence-electron chi connectivity index (χ3n) is 5.35. The Morgan fingerprint density at radius 1 is 1.00 bits per heavy atom. The number of nitrogens with one attached hydrogen (secondary N) is 2. The average molecular weight is 455 g/mol. The number of aromatic amines is 1. The predicted octanol–water partition coefficient (Wildman–Crippen LogP) is 5.21. The Labute approximate surface area is 194 Å². The molecule has 1 amide bonds. The van der Waals surface area contributed by atoms with Gasteiger partial charge in [0, 0.05) is 16.6 Å². The van der Waals surface area contributed by atoms with Crippen LogP contribution in [0.25, 0.3) is 27.6 Å². The number of amides is 1. The molecule has 5 rings (SSSR count). The fourth-order valence-electron chi connectivity index (χ4n) is 4.00. The fraction of sp³-hybridized carbons (Fsp3) is 0.115. The molecule has 2 heterocycles. The highest BCUT2D eigenvalue weighted by Gasteiger charge is 2.18. The SMILES string of the molecule is Cc1cc(C)cc(-n2c(SCC(=O)Nc3ccccc3)nc3c([nH]c4ccccc43)c2=O)c1. The van der Waals surface area contributed by atoms with E-state index in [0.717, 1.165) is 33.4 Å². The lowest BCUT2D eigenvalue weighted by molar-refractivity contribution is -0.113. The van der Waals surface area contributed by atoms with Crippen molar-refractivity contribution in [2.75, 3.05) is 11.1 Å². The standard InChI is InChI=1S/C26H22N4O2S/c1-16-12-17(2)14-19(13-16)30-25(32)24-23(20-10-6-7-11-21(20)28-24)29-26(30)33-15-22(31)27-18-8-4-3-5-9-18/h3-14,28H,15H2,1-2H3,(H,27,31). The van der Waals surface area contributed by atoms with E-state index in [1.54, 1.807) is 4.57 Å². The van der Waals surface area contributed by atoms with Crippen LogP contribution in [0.3, 0.4) is 0 Å². The molecule has 3 aromatic carbocycles. The van der Waals surface area contributed by atoms with Gasteiger partial charge in [0.15, 0.2) is 5.16 Å². The Morgan fingerprint density at radius 3 is 2.45 bits per heavy atom. The van der Waals surface area contributed by atoms with Crippen LogP contribution in [0.5, 0.6) is 0 Å². The van der Waals surface area contributed by atoms with Crippen molar-refractivity contribution in [1.82, 2.24) is 14.5 Å². The van der Waals surface area contributed by atoms with E-state index in [4.69, 9.17) is 4.98 Å². The van der Waals surface area contributed by atoms with Crippen LogP contribution in [0.1, 0.15) is 11.1 Å². The maximum Gasteiger partial charge on any atom is 0.283 e. The number of carbonyl (C=O) groups is 1. The van der Waals surface area contributed by atoms with Gasteiger partial charge in [-0.25, -0.2) is 4.98 Å². The Hall–Kier alpha value is -3.84. The van der Waals surface area contributed by atoms with Gasteiger partial charge in [-0.3, -0.25) is 14.2 Å². The van der Waals surface area contributed by atoms with Crippen molar-refractivity contribution in [2.45, 2.75) is 19.0 Å². The molecule has 0 fully saturated rings. The van der Waals surface area contributed by atoms with Crippen LogP contribution in [0.2, 0.25) is 0 Å². The number of carbonyl (C=O) groups excluding carboxylic acids is 1. The van der Waals surface area contributed by atoms with Gasteiger partial charge in [0.1, 0.15) is 11.0 Å². The lowest BCUT2D eigenvalue weighted by Gasteiger charge is -2.13. The summed E-state index contributed by atoms with van der Waals surface area (Å²) < 4.78 is 1.60. The topological polar surface area (TPSA) is 79.8 Å². The molecule has 0 aliphatic heterocycles. The van der Waals surface area contributed by atoms with E-state index >= 15 is 0 Å². The van der Waals surface area contributed by atoms with Crippen LogP contribution in [0, 0.1) is 13.8 Å². The third kappa shape index (κ3) is 4.15. The third-order valence-corrected chi connectivity index (χ3v) is 6.29.